The molecule has 0 saturated carbocycles. The van der Waals surface area contributed by atoms with Gasteiger partial charge in [0.05, 0.1) is 8.07 Å². The van der Waals surface area contributed by atoms with Gasteiger partial charge in [-0.1, -0.05) is 37.0 Å². The minimum atomic E-state index is -1.02. The third-order valence-corrected chi connectivity index (χ3v) is 2.84. The van der Waals surface area contributed by atoms with E-state index in [4.69, 9.17) is 0 Å². The van der Waals surface area contributed by atoms with Crippen molar-refractivity contribution in [2.75, 3.05) is 0 Å². The van der Waals surface area contributed by atoms with E-state index in [1.807, 2.05) is 0 Å². The summed E-state index contributed by atoms with van der Waals surface area (Å²) in [6, 6.07) is 0. The van der Waals surface area contributed by atoms with Crippen LogP contribution in [0.4, 0.5) is 0 Å². The van der Waals surface area contributed by atoms with Crippen LogP contribution in [0, 0.1) is 0 Å². The van der Waals surface area contributed by atoms with Crippen LogP contribution in [-0.4, -0.2) is 8.07 Å². The maximum absolute atomic E-state index is 3.29. The quantitative estimate of drug-likeness (QED) is 0.355. The molecule has 0 unspecified atom stereocenters. The summed E-state index contributed by atoms with van der Waals surface area (Å²) < 4.78 is 0. The molecular weight excluding hydrogens is 172 g/mol. The topological polar surface area (TPSA) is 0 Å². The molecule has 0 nitrogen and oxygen atoms in total. The van der Waals surface area contributed by atoms with Crippen LogP contribution in [0.2, 0.25) is 19.6 Å². The highest BCUT2D eigenvalue weighted by molar-refractivity contribution is 6.80. The molecule has 0 aromatic heterocycles. The van der Waals surface area contributed by atoms with Crippen molar-refractivity contribution in [2.45, 2.75) is 46.3 Å². The molecule has 0 atom stereocenters. The van der Waals surface area contributed by atoms with Gasteiger partial charge in [-0.3, -0.25) is 0 Å². The Hall–Kier alpha value is -0.523. The van der Waals surface area contributed by atoms with Gasteiger partial charge in [0, 0.05) is 0 Å². The second-order valence-electron chi connectivity index (χ2n) is 4.55. The van der Waals surface area contributed by atoms with Crippen molar-refractivity contribution in [1.82, 2.24) is 0 Å². The van der Waals surface area contributed by atoms with Crippen LogP contribution in [-0.2, 0) is 0 Å². The largest absolute Gasteiger partial charge is 0.134 e. The molecule has 74 valence electrons. The van der Waals surface area contributed by atoms with Crippen LogP contribution in [0.1, 0.15) is 26.7 Å². The predicted molar refractivity (Wildman–Crippen MR) is 64.7 cm³/mol. The second-order valence-corrected chi connectivity index (χ2v) is 9.58. The smallest absolute Gasteiger partial charge is 0.0781 e. The van der Waals surface area contributed by atoms with Gasteiger partial charge in [0.25, 0.3) is 0 Å². The average molecular weight is 194 g/mol. The van der Waals surface area contributed by atoms with Gasteiger partial charge in [0.1, 0.15) is 0 Å². The lowest BCUT2D eigenvalue weighted by Crippen LogP contribution is -2.14. The normalized spacial score (nSPS) is 12.2. The summed E-state index contributed by atoms with van der Waals surface area (Å²) in [5.74, 6) is 0. The summed E-state index contributed by atoms with van der Waals surface area (Å²) in [6.07, 6.45) is 6.63. The van der Waals surface area contributed by atoms with E-state index in [0.717, 1.165) is 6.42 Å². The molecule has 0 saturated heterocycles. The third kappa shape index (κ3) is 9.39. The molecule has 13 heavy (non-hydrogen) atoms. The minimum absolute atomic E-state index is 1.02. The molecule has 0 aliphatic rings. The lowest BCUT2D eigenvalue weighted by Gasteiger charge is -2.04. The zero-order valence-corrected chi connectivity index (χ0v) is 10.6. The molecule has 1 heteroatoms. The standard InChI is InChI=1S/C12H22Si/c1-6-12(2)10-8-7-9-11-13(3,4)5/h6-7,11H,8,10H2,1-5H3/b12-6+. The summed E-state index contributed by atoms with van der Waals surface area (Å²) in [7, 11) is -1.02. The fourth-order valence-electron chi connectivity index (χ4n) is 0.836. The molecule has 0 N–H and O–H groups in total. The van der Waals surface area contributed by atoms with Crippen molar-refractivity contribution in [2.24, 2.45) is 0 Å². The molecule has 0 heterocycles. The van der Waals surface area contributed by atoms with Gasteiger partial charge in [-0.25, -0.2) is 0 Å². The van der Waals surface area contributed by atoms with E-state index in [1.54, 1.807) is 0 Å². The van der Waals surface area contributed by atoms with Crippen molar-refractivity contribution in [1.29, 1.82) is 0 Å². The average Bonchev–Trinajstić information content (AvgIpc) is 2.01. The first-order chi connectivity index (χ1) is 5.95. The van der Waals surface area contributed by atoms with Crippen molar-refractivity contribution >= 4 is 8.07 Å². The van der Waals surface area contributed by atoms with E-state index >= 15 is 0 Å². The molecule has 0 aromatic carbocycles. The van der Waals surface area contributed by atoms with Crippen LogP contribution in [0.15, 0.2) is 29.2 Å². The summed E-state index contributed by atoms with van der Waals surface area (Å²) >= 11 is 0. The Balaban J connectivity index is 3.83. The molecule has 0 fully saturated rings. The molecular formula is C12H22Si. The highest BCUT2D eigenvalue weighted by Crippen LogP contribution is 2.04. The molecule has 0 amide bonds. The number of rotatable bonds is 4. The number of allylic oxidation sites excluding steroid dienone is 3. The van der Waals surface area contributed by atoms with E-state index in [0.29, 0.717) is 0 Å². The monoisotopic (exact) mass is 194 g/mol. The minimum Gasteiger partial charge on any atom is -0.134 e. The Morgan fingerprint density at radius 3 is 2.38 bits per heavy atom. The zero-order chi connectivity index (χ0) is 10.3. The maximum atomic E-state index is 3.29. The fourth-order valence-corrected chi connectivity index (χ4v) is 1.45. The lowest BCUT2D eigenvalue weighted by molar-refractivity contribution is 0.975. The molecule has 0 rings (SSSR count). The van der Waals surface area contributed by atoms with Crippen LogP contribution in [0.3, 0.4) is 0 Å². The Morgan fingerprint density at radius 1 is 1.31 bits per heavy atom. The van der Waals surface area contributed by atoms with Crippen LogP contribution < -0.4 is 0 Å². The number of hydrogen-bond acceptors (Lipinski definition) is 0. The van der Waals surface area contributed by atoms with E-state index < -0.39 is 8.07 Å². The van der Waals surface area contributed by atoms with Gasteiger partial charge in [0.15, 0.2) is 0 Å². The molecule has 0 spiro atoms. The SMILES string of the molecule is C/C=C(\C)CCC=C=C[Si](C)(C)C. The van der Waals surface area contributed by atoms with Gasteiger partial charge in [-0.2, -0.15) is 0 Å². The van der Waals surface area contributed by atoms with Gasteiger partial charge < -0.3 is 0 Å². The van der Waals surface area contributed by atoms with Gasteiger partial charge in [-0.05, 0) is 32.8 Å². The summed E-state index contributed by atoms with van der Waals surface area (Å²) in [4.78, 5) is 0. The Labute approximate surface area is 84.1 Å². The lowest BCUT2D eigenvalue weighted by atomic mass is 10.1. The van der Waals surface area contributed by atoms with Crippen LogP contribution in [0.5, 0.6) is 0 Å². The summed E-state index contributed by atoms with van der Waals surface area (Å²) in [6.45, 7) is 11.2. The summed E-state index contributed by atoms with van der Waals surface area (Å²) in [5.41, 5.74) is 7.02. The van der Waals surface area contributed by atoms with Gasteiger partial charge in [-0.15, -0.1) is 5.73 Å². The van der Waals surface area contributed by atoms with E-state index in [2.05, 4.69) is 57.1 Å². The Kier molecular flexibility index (Phi) is 5.77. The van der Waals surface area contributed by atoms with Crippen LogP contribution >= 0.6 is 0 Å². The van der Waals surface area contributed by atoms with Gasteiger partial charge in [0.2, 0.25) is 0 Å². The summed E-state index contributed by atoms with van der Waals surface area (Å²) in [5, 5.41) is 0. The highest BCUT2D eigenvalue weighted by atomic mass is 28.3. The molecule has 0 aliphatic heterocycles. The third-order valence-electron chi connectivity index (χ3n) is 1.81. The second kappa shape index (κ2) is 6.01. The van der Waals surface area contributed by atoms with E-state index in [-0.39, 0.29) is 0 Å². The Morgan fingerprint density at radius 2 is 1.92 bits per heavy atom. The maximum Gasteiger partial charge on any atom is 0.0781 e. The highest BCUT2D eigenvalue weighted by Gasteiger charge is 2.05. The van der Waals surface area contributed by atoms with Gasteiger partial charge >= 0.3 is 0 Å². The first kappa shape index (κ1) is 12.5. The van der Waals surface area contributed by atoms with Crippen LogP contribution in [0.25, 0.3) is 0 Å². The van der Waals surface area contributed by atoms with Crippen molar-refractivity contribution in [3.05, 3.63) is 29.2 Å². The fraction of sp³-hybridized carbons (Fsp3) is 0.583. The van der Waals surface area contributed by atoms with Crippen molar-refractivity contribution in [3.63, 3.8) is 0 Å². The van der Waals surface area contributed by atoms with E-state index in [9.17, 15) is 0 Å². The number of hydrogen-bond donors (Lipinski definition) is 0. The molecule has 0 aromatic rings. The predicted octanol–water partition coefficient (Wildman–Crippen LogP) is 4.32. The molecule has 0 bridgehead atoms. The Bertz CT molecular complexity index is 222. The van der Waals surface area contributed by atoms with E-state index in [1.165, 1.54) is 12.0 Å². The first-order valence-corrected chi connectivity index (χ1v) is 8.57. The molecule has 0 aliphatic carbocycles. The first-order valence-electron chi connectivity index (χ1n) is 4.99. The van der Waals surface area contributed by atoms with Crippen molar-refractivity contribution < 1.29 is 0 Å². The zero-order valence-electron chi connectivity index (χ0n) is 9.65. The van der Waals surface area contributed by atoms with Crippen molar-refractivity contribution in [3.8, 4) is 0 Å². The molecule has 0 radical (unpaired) electrons.